The smallest absolute Gasteiger partial charge is 0.232 e. The van der Waals surface area contributed by atoms with Crippen LogP contribution in [0.3, 0.4) is 0 Å². The summed E-state index contributed by atoms with van der Waals surface area (Å²) in [5.74, 6) is 0.549. The van der Waals surface area contributed by atoms with Gasteiger partial charge in [-0.25, -0.2) is 8.42 Å². The molecular formula is C26H29ClN2O4S. The third-order valence-corrected chi connectivity index (χ3v) is 6.63. The average Bonchev–Trinajstić information content (AvgIpc) is 2.82. The lowest BCUT2D eigenvalue weighted by Gasteiger charge is -2.22. The van der Waals surface area contributed by atoms with E-state index in [1.165, 1.54) is 10.6 Å². The maximum atomic E-state index is 12.3. The predicted octanol–water partition coefficient (Wildman–Crippen LogP) is 4.82. The molecule has 8 heteroatoms. The molecule has 0 heterocycles. The molecule has 0 aromatic heterocycles. The van der Waals surface area contributed by atoms with Gasteiger partial charge in [0.25, 0.3) is 0 Å². The summed E-state index contributed by atoms with van der Waals surface area (Å²) in [6.45, 7) is 1.16. The van der Waals surface area contributed by atoms with E-state index in [9.17, 15) is 13.2 Å². The second kappa shape index (κ2) is 12.4. The van der Waals surface area contributed by atoms with E-state index in [2.05, 4.69) is 5.32 Å². The lowest BCUT2D eigenvalue weighted by atomic mass is 10.1. The van der Waals surface area contributed by atoms with Crippen molar-refractivity contribution in [1.82, 2.24) is 5.32 Å². The number of nitrogens with zero attached hydrogens (tertiary/aromatic N) is 1. The quantitative estimate of drug-likeness (QED) is 0.386. The van der Waals surface area contributed by atoms with Gasteiger partial charge in [-0.05, 0) is 60.4 Å². The first-order chi connectivity index (χ1) is 16.3. The molecule has 34 heavy (non-hydrogen) atoms. The van der Waals surface area contributed by atoms with Crippen LogP contribution in [0.5, 0.6) is 5.75 Å². The van der Waals surface area contributed by atoms with Gasteiger partial charge in [0.2, 0.25) is 15.9 Å². The number of amides is 1. The highest BCUT2D eigenvalue weighted by Gasteiger charge is 2.17. The van der Waals surface area contributed by atoms with Gasteiger partial charge in [0.15, 0.2) is 0 Å². The summed E-state index contributed by atoms with van der Waals surface area (Å²) in [6, 6.07) is 24.2. The van der Waals surface area contributed by atoms with E-state index in [1.807, 2.05) is 54.6 Å². The summed E-state index contributed by atoms with van der Waals surface area (Å²) in [6.07, 6.45) is 2.52. The second-order valence-electron chi connectivity index (χ2n) is 7.93. The van der Waals surface area contributed by atoms with Gasteiger partial charge in [-0.3, -0.25) is 9.10 Å². The summed E-state index contributed by atoms with van der Waals surface area (Å²) in [5, 5.41) is 3.55. The normalized spacial score (nSPS) is 11.1. The van der Waals surface area contributed by atoms with E-state index in [0.717, 1.165) is 11.1 Å². The van der Waals surface area contributed by atoms with E-state index >= 15 is 0 Å². The fourth-order valence-corrected chi connectivity index (χ4v) is 4.50. The minimum Gasteiger partial charge on any atom is -0.489 e. The lowest BCUT2D eigenvalue weighted by Crippen LogP contribution is -2.32. The minimum absolute atomic E-state index is 0.105. The Morgan fingerprint density at radius 2 is 1.62 bits per heavy atom. The number of hydrogen-bond donors (Lipinski definition) is 1. The van der Waals surface area contributed by atoms with Crippen LogP contribution in [0, 0.1) is 0 Å². The highest BCUT2D eigenvalue weighted by molar-refractivity contribution is 7.92. The molecule has 0 saturated heterocycles. The van der Waals surface area contributed by atoms with Crippen molar-refractivity contribution in [2.75, 3.05) is 23.7 Å². The first-order valence-electron chi connectivity index (χ1n) is 11.1. The zero-order chi connectivity index (χ0) is 24.4. The maximum absolute atomic E-state index is 12.3. The first kappa shape index (κ1) is 25.6. The van der Waals surface area contributed by atoms with E-state index < -0.39 is 10.0 Å². The van der Waals surface area contributed by atoms with Crippen molar-refractivity contribution in [2.45, 2.75) is 25.9 Å². The van der Waals surface area contributed by atoms with Gasteiger partial charge in [-0.15, -0.1) is 0 Å². The van der Waals surface area contributed by atoms with Gasteiger partial charge >= 0.3 is 0 Å². The fourth-order valence-electron chi connectivity index (χ4n) is 3.40. The number of sulfonamides is 1. The van der Waals surface area contributed by atoms with E-state index in [-0.39, 0.29) is 18.9 Å². The largest absolute Gasteiger partial charge is 0.489 e. The van der Waals surface area contributed by atoms with Crippen LogP contribution in [-0.2, 0) is 27.8 Å². The molecule has 3 aromatic rings. The maximum Gasteiger partial charge on any atom is 0.232 e. The van der Waals surface area contributed by atoms with Crippen molar-refractivity contribution in [1.29, 1.82) is 0 Å². The van der Waals surface area contributed by atoms with Gasteiger partial charge < -0.3 is 10.1 Å². The molecule has 180 valence electrons. The molecule has 3 rings (SSSR count). The van der Waals surface area contributed by atoms with Crippen molar-refractivity contribution >= 4 is 33.2 Å². The predicted molar refractivity (Wildman–Crippen MR) is 137 cm³/mol. The van der Waals surface area contributed by atoms with Crippen LogP contribution in [0.2, 0.25) is 5.02 Å². The van der Waals surface area contributed by atoms with Crippen LogP contribution < -0.4 is 14.4 Å². The molecule has 0 radical (unpaired) electrons. The zero-order valence-corrected chi connectivity index (χ0v) is 20.7. The standard InChI is InChI=1S/C26H29ClN2O4S/c1-34(31,32)29(19-5-8-26(30)28-18-17-21-9-11-23(27)12-10-21)24-13-15-25(16-14-24)33-20-22-6-3-2-4-7-22/h2-4,6-7,9-16H,5,8,17-20H2,1H3,(H,28,30). The van der Waals surface area contributed by atoms with Gasteiger partial charge in [-0.2, -0.15) is 0 Å². The van der Waals surface area contributed by atoms with Gasteiger partial charge in [0, 0.05) is 24.5 Å². The summed E-state index contributed by atoms with van der Waals surface area (Å²) >= 11 is 5.88. The molecule has 0 atom stereocenters. The summed E-state index contributed by atoms with van der Waals surface area (Å²) < 4.78 is 31.8. The Morgan fingerprint density at radius 3 is 2.26 bits per heavy atom. The molecular weight excluding hydrogens is 472 g/mol. The monoisotopic (exact) mass is 500 g/mol. The van der Waals surface area contributed by atoms with E-state index in [1.54, 1.807) is 24.3 Å². The molecule has 0 aliphatic rings. The zero-order valence-electron chi connectivity index (χ0n) is 19.1. The number of halogens is 1. The topological polar surface area (TPSA) is 75.7 Å². The van der Waals surface area contributed by atoms with Crippen LogP contribution >= 0.6 is 11.6 Å². The van der Waals surface area contributed by atoms with E-state index in [4.69, 9.17) is 16.3 Å². The van der Waals surface area contributed by atoms with Crippen LogP contribution in [0.25, 0.3) is 0 Å². The van der Waals surface area contributed by atoms with Crippen molar-refractivity contribution < 1.29 is 17.9 Å². The Labute approximate surface area is 206 Å². The number of anilines is 1. The Balaban J connectivity index is 1.46. The SMILES string of the molecule is CS(=O)(=O)N(CCCC(=O)NCCc1ccc(Cl)cc1)c1ccc(OCc2ccccc2)cc1. The van der Waals surface area contributed by atoms with Crippen LogP contribution in [0.1, 0.15) is 24.0 Å². The van der Waals surface area contributed by atoms with Crippen molar-refractivity contribution in [3.05, 3.63) is 95.0 Å². The number of nitrogens with one attached hydrogen (secondary N) is 1. The molecule has 0 fully saturated rings. The molecule has 6 nitrogen and oxygen atoms in total. The third-order valence-electron chi connectivity index (χ3n) is 5.19. The van der Waals surface area contributed by atoms with E-state index in [0.29, 0.717) is 42.5 Å². The highest BCUT2D eigenvalue weighted by Crippen LogP contribution is 2.23. The van der Waals surface area contributed by atoms with Crippen molar-refractivity contribution in [2.24, 2.45) is 0 Å². The summed E-state index contributed by atoms with van der Waals surface area (Å²) in [5.41, 5.74) is 2.68. The van der Waals surface area contributed by atoms with Gasteiger partial charge in [0.1, 0.15) is 12.4 Å². The third kappa shape index (κ3) is 8.39. The average molecular weight is 501 g/mol. The minimum atomic E-state index is -3.49. The van der Waals surface area contributed by atoms with Gasteiger partial charge in [0.05, 0.1) is 11.9 Å². The van der Waals surface area contributed by atoms with Crippen molar-refractivity contribution in [3.8, 4) is 5.75 Å². The number of hydrogen-bond acceptors (Lipinski definition) is 4. The van der Waals surface area contributed by atoms with Crippen LogP contribution in [0.4, 0.5) is 5.69 Å². The highest BCUT2D eigenvalue weighted by atomic mass is 35.5. The van der Waals surface area contributed by atoms with Crippen molar-refractivity contribution in [3.63, 3.8) is 0 Å². The molecule has 0 aliphatic heterocycles. The molecule has 0 aliphatic carbocycles. The number of carbonyl (C=O) groups excluding carboxylic acids is 1. The Bertz CT molecular complexity index is 1150. The second-order valence-corrected chi connectivity index (χ2v) is 10.3. The first-order valence-corrected chi connectivity index (χ1v) is 13.3. The van der Waals surface area contributed by atoms with Gasteiger partial charge in [-0.1, -0.05) is 54.1 Å². The Kier molecular flexibility index (Phi) is 9.36. The Hall–Kier alpha value is -3.03. The molecule has 0 bridgehead atoms. The van der Waals surface area contributed by atoms with Crippen LogP contribution in [-0.4, -0.2) is 33.7 Å². The molecule has 0 unspecified atom stereocenters. The molecule has 1 amide bonds. The summed E-state index contributed by atoms with van der Waals surface area (Å²) in [7, 11) is -3.49. The fraction of sp³-hybridized carbons (Fsp3) is 0.269. The number of benzene rings is 3. The molecule has 1 N–H and O–H groups in total. The Morgan fingerprint density at radius 1 is 0.941 bits per heavy atom. The molecule has 3 aromatic carbocycles. The number of rotatable bonds is 12. The lowest BCUT2D eigenvalue weighted by molar-refractivity contribution is -0.121. The molecule has 0 spiro atoms. The number of ether oxygens (including phenoxy) is 1. The number of carbonyl (C=O) groups is 1. The molecule has 0 saturated carbocycles. The summed E-state index contributed by atoms with van der Waals surface area (Å²) in [4.78, 5) is 12.2. The van der Waals surface area contributed by atoms with Crippen LogP contribution in [0.15, 0.2) is 78.9 Å².